The highest BCUT2D eigenvalue weighted by Gasteiger charge is 2.25. The topological polar surface area (TPSA) is 63.5 Å². The van der Waals surface area contributed by atoms with Crippen molar-refractivity contribution in [3.63, 3.8) is 0 Å². The lowest BCUT2D eigenvalue weighted by Gasteiger charge is -2.33. The van der Waals surface area contributed by atoms with Crippen LogP contribution in [0.1, 0.15) is 63.0 Å². The van der Waals surface area contributed by atoms with Crippen LogP contribution < -0.4 is 0 Å². The zero-order chi connectivity index (χ0) is 19.9. The molecular formula is C21H35N5O2. The van der Waals surface area contributed by atoms with Crippen LogP contribution in [0.2, 0.25) is 0 Å². The van der Waals surface area contributed by atoms with Gasteiger partial charge in [0.05, 0.1) is 25.5 Å². The zero-order valence-corrected chi connectivity index (χ0v) is 17.6. The first kappa shape index (κ1) is 21.0. The van der Waals surface area contributed by atoms with Crippen LogP contribution >= 0.6 is 0 Å². The number of amides is 1. The van der Waals surface area contributed by atoms with Crippen LogP contribution in [0.25, 0.3) is 0 Å². The number of piperidine rings is 1. The van der Waals surface area contributed by atoms with Crippen LogP contribution in [0.3, 0.4) is 0 Å². The Morgan fingerprint density at radius 2 is 1.96 bits per heavy atom. The Morgan fingerprint density at radius 1 is 1.25 bits per heavy atom. The summed E-state index contributed by atoms with van der Waals surface area (Å²) in [6.07, 6.45) is 8.73. The molecule has 2 saturated heterocycles. The maximum absolute atomic E-state index is 12.5. The number of aromatic nitrogens is 3. The summed E-state index contributed by atoms with van der Waals surface area (Å²) in [5.74, 6) is 0.688. The van der Waals surface area contributed by atoms with Gasteiger partial charge >= 0.3 is 0 Å². The van der Waals surface area contributed by atoms with E-state index in [1.807, 2.05) is 10.9 Å². The second-order valence-corrected chi connectivity index (χ2v) is 8.48. The summed E-state index contributed by atoms with van der Waals surface area (Å²) in [7, 11) is 0. The lowest BCUT2D eigenvalue weighted by molar-refractivity contribution is 0.0299. The molecule has 156 valence electrons. The predicted octanol–water partition coefficient (Wildman–Crippen LogP) is 2.77. The summed E-state index contributed by atoms with van der Waals surface area (Å²) in [4.78, 5) is 16.9. The summed E-state index contributed by atoms with van der Waals surface area (Å²) in [6, 6.07) is 0.343. The molecular weight excluding hydrogens is 354 g/mol. The average molecular weight is 390 g/mol. The maximum Gasteiger partial charge on any atom is 0.276 e. The van der Waals surface area contributed by atoms with Crippen molar-refractivity contribution in [2.24, 2.45) is 5.92 Å². The van der Waals surface area contributed by atoms with E-state index in [-0.39, 0.29) is 5.91 Å². The molecule has 0 aromatic carbocycles. The smallest absolute Gasteiger partial charge is 0.276 e. The number of nitrogens with zero attached hydrogens (tertiary/aromatic N) is 5. The lowest BCUT2D eigenvalue weighted by Crippen LogP contribution is -2.40. The standard InChI is InChI=1S/C21H35N5O2/c1-17(2)5-4-6-18(3)15-24-9-7-19(8-10-24)26-16-20(22-23-26)21(27)25-11-13-28-14-12-25/h5,16,18-19H,4,6-15H2,1-3H3. The summed E-state index contributed by atoms with van der Waals surface area (Å²) in [5, 5.41) is 8.41. The first-order valence-corrected chi connectivity index (χ1v) is 10.7. The fraction of sp³-hybridized carbons (Fsp3) is 0.762. The van der Waals surface area contributed by atoms with Gasteiger partial charge in [-0.2, -0.15) is 0 Å². The first-order chi connectivity index (χ1) is 13.5. The Hall–Kier alpha value is -1.73. The third kappa shape index (κ3) is 5.88. The molecule has 28 heavy (non-hydrogen) atoms. The fourth-order valence-electron chi connectivity index (χ4n) is 4.04. The van der Waals surface area contributed by atoms with Gasteiger partial charge < -0.3 is 14.5 Å². The van der Waals surface area contributed by atoms with Crippen LogP contribution in [0.15, 0.2) is 17.8 Å². The monoisotopic (exact) mass is 389 g/mol. The van der Waals surface area contributed by atoms with Gasteiger partial charge in [-0.3, -0.25) is 4.79 Å². The maximum atomic E-state index is 12.5. The van der Waals surface area contributed by atoms with E-state index in [1.54, 1.807) is 4.90 Å². The van der Waals surface area contributed by atoms with Gasteiger partial charge in [0, 0.05) is 32.7 Å². The van der Waals surface area contributed by atoms with Crippen LogP contribution in [-0.2, 0) is 4.74 Å². The van der Waals surface area contributed by atoms with Crippen LogP contribution in [0.4, 0.5) is 0 Å². The molecule has 0 N–H and O–H groups in total. The molecule has 3 heterocycles. The van der Waals surface area contributed by atoms with Gasteiger partial charge in [-0.25, -0.2) is 4.68 Å². The molecule has 2 aliphatic rings. The first-order valence-electron chi connectivity index (χ1n) is 10.7. The quantitative estimate of drug-likeness (QED) is 0.671. The van der Waals surface area contributed by atoms with E-state index in [2.05, 4.69) is 42.1 Å². The summed E-state index contributed by atoms with van der Waals surface area (Å²) < 4.78 is 7.22. The van der Waals surface area contributed by atoms with Crippen molar-refractivity contribution < 1.29 is 9.53 Å². The minimum Gasteiger partial charge on any atom is -0.378 e. The molecule has 0 aliphatic carbocycles. The normalized spacial score (nSPS) is 20.2. The second-order valence-electron chi connectivity index (χ2n) is 8.48. The van der Waals surface area contributed by atoms with E-state index >= 15 is 0 Å². The Bertz CT molecular complexity index is 654. The number of hydrogen-bond donors (Lipinski definition) is 0. The largest absolute Gasteiger partial charge is 0.378 e. The van der Waals surface area contributed by atoms with Crippen molar-refractivity contribution in [2.45, 2.75) is 52.5 Å². The molecule has 1 aromatic heterocycles. The third-order valence-corrected chi connectivity index (χ3v) is 5.74. The number of carbonyl (C=O) groups excluding carboxylic acids is 1. The van der Waals surface area contributed by atoms with Gasteiger partial charge in [-0.15, -0.1) is 5.10 Å². The Labute approximate surface area is 168 Å². The van der Waals surface area contributed by atoms with E-state index in [9.17, 15) is 4.79 Å². The third-order valence-electron chi connectivity index (χ3n) is 5.74. The number of allylic oxidation sites excluding steroid dienone is 2. The molecule has 7 heteroatoms. The predicted molar refractivity (Wildman–Crippen MR) is 109 cm³/mol. The molecule has 3 rings (SSSR count). The van der Waals surface area contributed by atoms with E-state index < -0.39 is 0 Å². The number of likely N-dealkylation sites (tertiary alicyclic amines) is 1. The number of rotatable bonds is 7. The molecule has 0 spiro atoms. The Kier molecular flexibility index (Phi) is 7.62. The molecule has 0 radical (unpaired) electrons. The van der Waals surface area contributed by atoms with E-state index in [0.29, 0.717) is 38.0 Å². The highest BCUT2D eigenvalue weighted by atomic mass is 16.5. The molecule has 2 fully saturated rings. The molecule has 2 aliphatic heterocycles. The molecule has 0 bridgehead atoms. The number of hydrogen-bond acceptors (Lipinski definition) is 5. The molecule has 1 aromatic rings. The lowest BCUT2D eigenvalue weighted by atomic mass is 10.0. The van der Waals surface area contributed by atoms with E-state index in [1.165, 1.54) is 25.0 Å². The van der Waals surface area contributed by atoms with E-state index in [0.717, 1.165) is 31.8 Å². The molecule has 1 amide bonds. The van der Waals surface area contributed by atoms with Crippen LogP contribution in [0, 0.1) is 5.92 Å². The fourth-order valence-corrected chi connectivity index (χ4v) is 4.04. The number of ether oxygens (including phenoxy) is 1. The number of carbonyl (C=O) groups is 1. The molecule has 0 saturated carbocycles. The van der Waals surface area contributed by atoms with Crippen molar-refractivity contribution in [1.82, 2.24) is 24.8 Å². The molecule has 1 atom stereocenters. The minimum absolute atomic E-state index is 0.0304. The van der Waals surface area contributed by atoms with Gasteiger partial charge in [-0.05, 0) is 45.4 Å². The highest BCUT2D eigenvalue weighted by Crippen LogP contribution is 2.23. The average Bonchev–Trinajstić information content (AvgIpc) is 3.18. The zero-order valence-electron chi connectivity index (χ0n) is 17.6. The Balaban J connectivity index is 1.44. The van der Waals surface area contributed by atoms with Crippen LogP contribution in [0.5, 0.6) is 0 Å². The molecule has 7 nitrogen and oxygen atoms in total. The highest BCUT2D eigenvalue weighted by molar-refractivity contribution is 5.92. The van der Waals surface area contributed by atoms with Crippen molar-refractivity contribution >= 4 is 5.91 Å². The summed E-state index contributed by atoms with van der Waals surface area (Å²) >= 11 is 0. The van der Waals surface area contributed by atoms with Crippen molar-refractivity contribution in [2.75, 3.05) is 45.9 Å². The molecule has 1 unspecified atom stereocenters. The van der Waals surface area contributed by atoms with Crippen molar-refractivity contribution in [3.8, 4) is 0 Å². The summed E-state index contributed by atoms with van der Waals surface area (Å²) in [5.41, 5.74) is 1.87. The minimum atomic E-state index is -0.0304. The van der Waals surface area contributed by atoms with Gasteiger partial charge in [0.2, 0.25) is 0 Å². The summed E-state index contributed by atoms with van der Waals surface area (Å²) in [6.45, 7) is 12.5. The van der Waals surface area contributed by atoms with Crippen LogP contribution in [-0.4, -0.2) is 76.6 Å². The van der Waals surface area contributed by atoms with Crippen molar-refractivity contribution in [1.29, 1.82) is 0 Å². The van der Waals surface area contributed by atoms with Gasteiger partial charge in [0.15, 0.2) is 5.69 Å². The van der Waals surface area contributed by atoms with Gasteiger partial charge in [0.25, 0.3) is 5.91 Å². The van der Waals surface area contributed by atoms with Gasteiger partial charge in [0.1, 0.15) is 0 Å². The second kappa shape index (κ2) is 10.2. The van der Waals surface area contributed by atoms with E-state index in [4.69, 9.17) is 4.74 Å². The van der Waals surface area contributed by atoms with Crippen molar-refractivity contribution in [3.05, 3.63) is 23.5 Å². The SMILES string of the molecule is CC(C)=CCCC(C)CN1CCC(n2cc(C(=O)N3CCOCC3)nn2)CC1. The van der Waals surface area contributed by atoms with Gasteiger partial charge in [-0.1, -0.05) is 23.8 Å². The Morgan fingerprint density at radius 3 is 2.64 bits per heavy atom. The number of morpholine rings is 1.